The van der Waals surface area contributed by atoms with E-state index in [1.807, 2.05) is 91.7 Å². The van der Waals surface area contributed by atoms with Crippen molar-refractivity contribution in [2.75, 3.05) is 7.05 Å². The SMILES string of the molecule is CC[C@@H](c1ccccc1)N(C)C(=O)c1c(C)c(-c2ccccc2)nc2ccccc12. The summed E-state index contributed by atoms with van der Waals surface area (Å²) in [5.74, 6) is 0.0268. The first-order valence-corrected chi connectivity index (χ1v) is 10.4. The zero-order valence-corrected chi connectivity index (χ0v) is 17.7. The number of hydrogen-bond donors (Lipinski definition) is 0. The zero-order chi connectivity index (χ0) is 21.1. The highest BCUT2D eigenvalue weighted by Gasteiger charge is 2.26. The van der Waals surface area contributed by atoms with E-state index < -0.39 is 0 Å². The molecule has 150 valence electrons. The summed E-state index contributed by atoms with van der Waals surface area (Å²) in [5, 5.41) is 0.898. The Hall–Kier alpha value is -3.46. The number of rotatable bonds is 5. The molecule has 3 aromatic carbocycles. The van der Waals surface area contributed by atoms with E-state index in [1.54, 1.807) is 0 Å². The molecule has 0 bridgehead atoms. The monoisotopic (exact) mass is 394 g/mol. The smallest absolute Gasteiger partial charge is 0.255 e. The summed E-state index contributed by atoms with van der Waals surface area (Å²) in [6.07, 6.45) is 0.847. The summed E-state index contributed by atoms with van der Waals surface area (Å²) >= 11 is 0. The Morgan fingerprint density at radius 3 is 2.17 bits per heavy atom. The number of nitrogens with zero attached hydrogens (tertiary/aromatic N) is 2. The molecule has 30 heavy (non-hydrogen) atoms. The fraction of sp³-hybridized carbons (Fsp3) is 0.185. The highest BCUT2D eigenvalue weighted by Crippen LogP contribution is 2.32. The fourth-order valence-corrected chi connectivity index (χ4v) is 4.19. The number of pyridine rings is 1. The third kappa shape index (κ3) is 3.59. The van der Waals surface area contributed by atoms with E-state index in [-0.39, 0.29) is 11.9 Å². The van der Waals surface area contributed by atoms with Gasteiger partial charge in [0.25, 0.3) is 5.91 Å². The molecule has 0 spiro atoms. The lowest BCUT2D eigenvalue weighted by Crippen LogP contribution is -2.31. The molecule has 1 atom stereocenters. The largest absolute Gasteiger partial charge is 0.335 e. The average molecular weight is 395 g/mol. The van der Waals surface area contributed by atoms with Crippen molar-refractivity contribution in [2.45, 2.75) is 26.3 Å². The molecule has 0 saturated carbocycles. The second kappa shape index (κ2) is 8.50. The molecule has 1 amide bonds. The van der Waals surface area contributed by atoms with Crippen LogP contribution in [0.2, 0.25) is 0 Å². The minimum absolute atomic E-state index is 0.0187. The molecule has 0 aliphatic carbocycles. The molecule has 0 aliphatic heterocycles. The molecular weight excluding hydrogens is 368 g/mol. The lowest BCUT2D eigenvalue weighted by Gasteiger charge is -2.29. The third-order valence-corrected chi connectivity index (χ3v) is 5.76. The van der Waals surface area contributed by atoms with Gasteiger partial charge in [0.15, 0.2) is 0 Å². The van der Waals surface area contributed by atoms with Crippen LogP contribution in [0.25, 0.3) is 22.2 Å². The van der Waals surface area contributed by atoms with Gasteiger partial charge in [-0.25, -0.2) is 4.98 Å². The van der Waals surface area contributed by atoms with Crippen molar-refractivity contribution in [2.24, 2.45) is 0 Å². The molecule has 0 unspecified atom stereocenters. The minimum Gasteiger partial charge on any atom is -0.335 e. The van der Waals surface area contributed by atoms with Crippen LogP contribution in [-0.4, -0.2) is 22.8 Å². The molecule has 0 saturated heterocycles. The first-order valence-electron chi connectivity index (χ1n) is 10.4. The number of amides is 1. The third-order valence-electron chi connectivity index (χ3n) is 5.76. The number of hydrogen-bond acceptors (Lipinski definition) is 2. The van der Waals surface area contributed by atoms with E-state index in [0.29, 0.717) is 0 Å². The lowest BCUT2D eigenvalue weighted by atomic mass is 9.95. The summed E-state index contributed by atoms with van der Waals surface area (Å²) < 4.78 is 0. The van der Waals surface area contributed by atoms with Crippen LogP contribution < -0.4 is 0 Å². The van der Waals surface area contributed by atoms with E-state index in [4.69, 9.17) is 4.98 Å². The van der Waals surface area contributed by atoms with Crippen molar-refractivity contribution in [3.8, 4) is 11.3 Å². The van der Waals surface area contributed by atoms with Crippen LogP contribution in [-0.2, 0) is 0 Å². The van der Waals surface area contributed by atoms with Gasteiger partial charge in [-0.1, -0.05) is 85.8 Å². The van der Waals surface area contributed by atoms with Crippen molar-refractivity contribution in [1.29, 1.82) is 0 Å². The molecule has 0 radical (unpaired) electrons. The highest BCUT2D eigenvalue weighted by molar-refractivity contribution is 6.09. The van der Waals surface area contributed by atoms with Gasteiger partial charge in [0.05, 0.1) is 22.8 Å². The summed E-state index contributed by atoms with van der Waals surface area (Å²) in [5.41, 5.74) is 5.52. The summed E-state index contributed by atoms with van der Waals surface area (Å²) in [4.78, 5) is 20.6. The molecule has 0 N–H and O–H groups in total. The highest BCUT2D eigenvalue weighted by atomic mass is 16.2. The van der Waals surface area contributed by atoms with Crippen LogP contribution in [0.5, 0.6) is 0 Å². The maximum atomic E-state index is 13.8. The molecule has 4 rings (SSSR count). The number of carbonyl (C=O) groups is 1. The van der Waals surface area contributed by atoms with Crippen LogP contribution in [0.3, 0.4) is 0 Å². The maximum Gasteiger partial charge on any atom is 0.255 e. The molecule has 1 aromatic heterocycles. The number of benzene rings is 3. The van der Waals surface area contributed by atoms with E-state index in [1.165, 1.54) is 0 Å². The number of fused-ring (bicyclic) bond motifs is 1. The second-order valence-electron chi connectivity index (χ2n) is 7.59. The molecule has 3 nitrogen and oxygen atoms in total. The van der Waals surface area contributed by atoms with Gasteiger partial charge in [-0.05, 0) is 30.5 Å². The zero-order valence-electron chi connectivity index (χ0n) is 17.7. The minimum atomic E-state index is 0.0187. The van der Waals surface area contributed by atoms with Gasteiger partial charge in [0.1, 0.15) is 0 Å². The standard InChI is InChI=1S/C27H26N2O/c1-4-24(20-13-7-5-8-14-20)29(3)27(30)25-19(2)26(21-15-9-6-10-16-21)28-23-18-12-11-17-22(23)25/h5-18,24H,4H2,1-3H3/t24-/m0/s1. The van der Waals surface area contributed by atoms with Crippen molar-refractivity contribution >= 4 is 16.8 Å². The van der Waals surface area contributed by atoms with Gasteiger partial charge in [-0.2, -0.15) is 0 Å². The van der Waals surface area contributed by atoms with Crippen molar-refractivity contribution in [1.82, 2.24) is 9.88 Å². The van der Waals surface area contributed by atoms with Crippen LogP contribution in [0.15, 0.2) is 84.9 Å². The van der Waals surface area contributed by atoms with E-state index >= 15 is 0 Å². The first-order chi connectivity index (χ1) is 14.6. The summed E-state index contributed by atoms with van der Waals surface area (Å²) in [6, 6.07) is 28.2. The summed E-state index contributed by atoms with van der Waals surface area (Å²) in [6.45, 7) is 4.13. The van der Waals surface area contributed by atoms with Crippen LogP contribution in [0.1, 0.15) is 40.9 Å². The Labute approximate surface area is 178 Å². The van der Waals surface area contributed by atoms with Gasteiger partial charge >= 0.3 is 0 Å². The van der Waals surface area contributed by atoms with Crippen LogP contribution in [0.4, 0.5) is 0 Å². The number of para-hydroxylation sites is 1. The Balaban J connectivity index is 1.87. The first kappa shape index (κ1) is 19.8. The molecule has 0 aliphatic rings. The normalized spacial score (nSPS) is 12.0. The maximum absolute atomic E-state index is 13.8. The van der Waals surface area contributed by atoms with Gasteiger partial charge in [-0.3, -0.25) is 4.79 Å². The van der Waals surface area contributed by atoms with Crippen molar-refractivity contribution < 1.29 is 4.79 Å². The van der Waals surface area contributed by atoms with E-state index in [0.717, 1.165) is 45.3 Å². The van der Waals surface area contributed by atoms with Crippen LogP contribution >= 0.6 is 0 Å². The molecule has 4 aromatic rings. The molecule has 3 heteroatoms. The Morgan fingerprint density at radius 1 is 0.900 bits per heavy atom. The van der Waals surface area contributed by atoms with E-state index in [9.17, 15) is 4.79 Å². The molecule has 1 heterocycles. The Morgan fingerprint density at radius 2 is 1.50 bits per heavy atom. The number of carbonyl (C=O) groups excluding carboxylic acids is 1. The average Bonchev–Trinajstić information content (AvgIpc) is 2.80. The van der Waals surface area contributed by atoms with Crippen molar-refractivity contribution in [3.05, 3.63) is 102 Å². The van der Waals surface area contributed by atoms with Gasteiger partial charge in [0, 0.05) is 18.0 Å². The predicted molar refractivity (Wildman–Crippen MR) is 123 cm³/mol. The lowest BCUT2D eigenvalue weighted by molar-refractivity contribution is 0.0727. The van der Waals surface area contributed by atoms with Gasteiger partial charge in [-0.15, -0.1) is 0 Å². The predicted octanol–water partition coefficient (Wildman–Crippen LogP) is 6.43. The topological polar surface area (TPSA) is 33.2 Å². The van der Waals surface area contributed by atoms with Gasteiger partial charge in [0.2, 0.25) is 0 Å². The van der Waals surface area contributed by atoms with E-state index in [2.05, 4.69) is 19.1 Å². The molecule has 0 fully saturated rings. The van der Waals surface area contributed by atoms with Crippen LogP contribution in [0, 0.1) is 6.92 Å². The second-order valence-corrected chi connectivity index (χ2v) is 7.59. The molecular formula is C27H26N2O. The quantitative estimate of drug-likeness (QED) is 0.390. The van der Waals surface area contributed by atoms with Gasteiger partial charge < -0.3 is 4.90 Å². The Kier molecular flexibility index (Phi) is 5.62. The Bertz CT molecular complexity index is 1170. The number of aromatic nitrogens is 1. The fourth-order valence-electron chi connectivity index (χ4n) is 4.19. The van der Waals surface area contributed by atoms with Crippen molar-refractivity contribution in [3.63, 3.8) is 0 Å². The summed E-state index contributed by atoms with van der Waals surface area (Å²) in [7, 11) is 1.90.